The Hall–Kier alpha value is 1.77. The van der Waals surface area contributed by atoms with Gasteiger partial charge in [-0.1, -0.05) is 25.7 Å². The van der Waals surface area contributed by atoms with Gasteiger partial charge in [0.15, 0.2) is 0 Å². The maximum absolute atomic E-state index is 7.29. The first-order valence-electron chi connectivity index (χ1n) is 3.71. The summed E-state index contributed by atoms with van der Waals surface area (Å²) in [6, 6.07) is -0.160. The number of nitrogens with one attached hydrogen (secondary N) is 2. The number of hydrogen-bond donors (Lipinski definition) is 0. The molecule has 1 saturated carbocycles. The van der Waals surface area contributed by atoms with E-state index in [9.17, 15) is 0 Å². The van der Waals surface area contributed by atoms with Crippen molar-refractivity contribution in [3.63, 3.8) is 0 Å². The minimum atomic E-state index is -3.06. The number of hydrogen-bond acceptors (Lipinski definition) is 0. The largest absolute Gasteiger partial charge is 0.676 e. The van der Waals surface area contributed by atoms with Crippen LogP contribution in [-0.2, 0) is 11.9 Å². The Morgan fingerprint density at radius 2 is 1.08 bits per heavy atom. The van der Waals surface area contributed by atoms with E-state index in [2.05, 4.69) is 0 Å². The fourth-order valence-electron chi connectivity index (χ4n) is 1.13. The van der Waals surface area contributed by atoms with Crippen LogP contribution >= 0.6 is 37.7 Å². The molecule has 0 bridgehead atoms. The van der Waals surface area contributed by atoms with Gasteiger partial charge in [-0.05, 0) is 0 Å². The summed E-state index contributed by atoms with van der Waals surface area (Å²) in [5.41, 5.74) is 14.6. The molecule has 1 rings (SSSR count). The van der Waals surface area contributed by atoms with E-state index < -0.39 is 11.9 Å². The van der Waals surface area contributed by atoms with Crippen LogP contribution in [-0.4, -0.2) is 12.1 Å². The molecule has 2 N–H and O–H groups in total. The maximum Gasteiger partial charge on any atom is -0.0548 e. The molecule has 0 saturated heterocycles. The Morgan fingerprint density at radius 1 is 0.846 bits per heavy atom. The number of rotatable bonds is 0. The first-order valence-corrected chi connectivity index (χ1v) is 15.0. The van der Waals surface area contributed by atoms with E-state index in [0.29, 0.717) is 0 Å². The van der Waals surface area contributed by atoms with Gasteiger partial charge in [0, 0.05) is 0 Å². The van der Waals surface area contributed by atoms with Gasteiger partial charge in [-0.3, -0.25) is 0 Å². The van der Waals surface area contributed by atoms with Gasteiger partial charge in [0.1, 0.15) is 0 Å². The normalized spacial score (nSPS) is 30.3. The summed E-state index contributed by atoms with van der Waals surface area (Å²) >= 11 is -3.06. The quantitative estimate of drug-likeness (QED) is 0.491. The molecule has 13 heavy (non-hydrogen) atoms. The van der Waals surface area contributed by atoms with E-state index >= 15 is 0 Å². The van der Waals surface area contributed by atoms with Crippen molar-refractivity contribution in [3.8, 4) is 0 Å². The minimum absolute atomic E-state index is 0.0799. The zero-order chi connectivity index (χ0) is 10.5. The molecular formula is C6H12Cl4N2Pt. The molecule has 0 heterocycles. The zero-order valence-electron chi connectivity index (χ0n) is 6.81. The molecule has 2 unspecified atom stereocenters. The van der Waals surface area contributed by atoms with Gasteiger partial charge in [0.2, 0.25) is 0 Å². The molecule has 0 amide bonds. The van der Waals surface area contributed by atoms with Crippen molar-refractivity contribution in [1.82, 2.24) is 0 Å². The molecule has 0 aromatic rings. The summed E-state index contributed by atoms with van der Waals surface area (Å²) in [7, 11) is 20.0. The summed E-state index contributed by atoms with van der Waals surface area (Å²) in [5, 5.41) is 0. The van der Waals surface area contributed by atoms with E-state index in [1.165, 1.54) is 12.8 Å². The van der Waals surface area contributed by atoms with Gasteiger partial charge >= 0.3 is 49.6 Å². The molecule has 1 aliphatic rings. The molecule has 7 heteroatoms. The molecule has 0 radical (unpaired) electrons. The molecule has 0 aliphatic heterocycles. The van der Waals surface area contributed by atoms with E-state index in [1.54, 1.807) is 0 Å². The van der Waals surface area contributed by atoms with Crippen molar-refractivity contribution < 1.29 is 11.9 Å². The standard InChI is InChI=1S/C6H12N2.4ClH.Pt/c7-5-3-1-2-4-6(5)8;;;;;/h5-8H,1-4H2;4*1H;/q-2;;;;;+6/p-4. The van der Waals surface area contributed by atoms with Crippen LogP contribution in [0.25, 0.3) is 11.5 Å². The van der Waals surface area contributed by atoms with Crippen LogP contribution in [0.3, 0.4) is 0 Å². The van der Waals surface area contributed by atoms with Crippen LogP contribution in [0.15, 0.2) is 0 Å². The Kier molecular flexibility index (Phi) is 8.08. The first kappa shape index (κ1) is 14.8. The van der Waals surface area contributed by atoms with Crippen molar-refractivity contribution >= 4 is 37.7 Å². The van der Waals surface area contributed by atoms with Crippen molar-refractivity contribution in [2.45, 2.75) is 37.8 Å². The Bertz CT molecular complexity index is 125. The molecule has 1 aliphatic carbocycles. The van der Waals surface area contributed by atoms with Crippen LogP contribution in [0, 0.1) is 0 Å². The third-order valence-corrected chi connectivity index (χ3v) is 1.77. The second kappa shape index (κ2) is 7.11. The van der Waals surface area contributed by atoms with Gasteiger partial charge in [-0.25, -0.2) is 0 Å². The smallest absolute Gasteiger partial charge is 0.0548 e. The SMILES string of the molecule is [Cl][Pt+2]([Cl])([Cl])[Cl].[NH-]C1CCCCC1[NH-]. The average Bonchev–Trinajstić information content (AvgIpc) is 1.92. The topological polar surface area (TPSA) is 47.6 Å². The molecule has 84 valence electrons. The molecule has 2 atom stereocenters. The van der Waals surface area contributed by atoms with E-state index in [1.807, 2.05) is 0 Å². The van der Waals surface area contributed by atoms with E-state index in [-0.39, 0.29) is 12.1 Å². The monoisotopic (exact) mass is 447 g/mol. The summed E-state index contributed by atoms with van der Waals surface area (Å²) in [6.45, 7) is 0. The van der Waals surface area contributed by atoms with Crippen LogP contribution in [0.4, 0.5) is 0 Å². The minimum Gasteiger partial charge on any atom is -0.676 e. The number of halogens is 4. The van der Waals surface area contributed by atoms with Crippen molar-refractivity contribution in [1.29, 1.82) is 0 Å². The predicted octanol–water partition coefficient (Wildman–Crippen LogP) is 5.16. The third kappa shape index (κ3) is 11.7. The van der Waals surface area contributed by atoms with Gasteiger partial charge in [-0.15, -0.1) is 0 Å². The maximum atomic E-state index is 7.29. The summed E-state index contributed by atoms with van der Waals surface area (Å²) < 4.78 is 0. The molecular weight excluding hydrogens is 437 g/mol. The predicted molar refractivity (Wildman–Crippen MR) is 58.1 cm³/mol. The molecule has 0 aromatic carbocycles. The fraction of sp³-hybridized carbons (Fsp3) is 1.00. The van der Waals surface area contributed by atoms with Crippen LogP contribution in [0.2, 0.25) is 0 Å². The first-order chi connectivity index (χ1) is 5.80. The summed E-state index contributed by atoms with van der Waals surface area (Å²) in [4.78, 5) is 0. The second-order valence-electron chi connectivity index (χ2n) is 2.77. The molecule has 1 fully saturated rings. The van der Waals surface area contributed by atoms with Crippen molar-refractivity contribution in [3.05, 3.63) is 11.5 Å². The summed E-state index contributed by atoms with van der Waals surface area (Å²) in [5.74, 6) is 0. The molecule has 0 spiro atoms. The van der Waals surface area contributed by atoms with E-state index in [4.69, 9.17) is 49.1 Å². The van der Waals surface area contributed by atoms with Crippen LogP contribution in [0.1, 0.15) is 25.7 Å². The van der Waals surface area contributed by atoms with Gasteiger partial charge in [0.05, 0.1) is 0 Å². The van der Waals surface area contributed by atoms with Gasteiger partial charge in [0.25, 0.3) is 0 Å². The van der Waals surface area contributed by atoms with Crippen LogP contribution < -0.4 is 0 Å². The summed E-state index contributed by atoms with van der Waals surface area (Å²) in [6.07, 6.45) is 4.25. The fourth-order valence-corrected chi connectivity index (χ4v) is 1.13. The van der Waals surface area contributed by atoms with E-state index in [0.717, 1.165) is 12.8 Å². The van der Waals surface area contributed by atoms with Gasteiger partial charge < -0.3 is 11.5 Å². The molecule has 2 nitrogen and oxygen atoms in total. The average molecular weight is 449 g/mol. The van der Waals surface area contributed by atoms with Crippen molar-refractivity contribution in [2.24, 2.45) is 0 Å². The van der Waals surface area contributed by atoms with Crippen molar-refractivity contribution in [2.75, 3.05) is 0 Å². The third-order valence-electron chi connectivity index (χ3n) is 1.77. The van der Waals surface area contributed by atoms with Gasteiger partial charge in [-0.2, -0.15) is 12.1 Å². The Balaban J connectivity index is 0.000000252. The molecule has 0 aromatic heterocycles. The Morgan fingerprint density at radius 3 is 1.23 bits per heavy atom. The second-order valence-corrected chi connectivity index (χ2v) is 22.5. The zero-order valence-corrected chi connectivity index (χ0v) is 12.1. The van der Waals surface area contributed by atoms with Crippen LogP contribution in [0.5, 0.6) is 0 Å². The Labute approximate surface area is 98.1 Å².